The summed E-state index contributed by atoms with van der Waals surface area (Å²) in [5.41, 5.74) is 7.55. The number of nitrogens with two attached hydrogens (primary N) is 1. The maximum absolute atomic E-state index is 11.8. The Morgan fingerprint density at radius 1 is 1.47 bits per heavy atom. The van der Waals surface area contributed by atoms with Gasteiger partial charge in [-0.3, -0.25) is 4.79 Å². The van der Waals surface area contributed by atoms with Crippen LogP contribution in [-0.2, 0) is 11.2 Å². The molecular formula is C13H21N3O. The molecular weight excluding hydrogens is 214 g/mol. The highest BCUT2D eigenvalue weighted by molar-refractivity contribution is 5.76. The van der Waals surface area contributed by atoms with Crippen molar-refractivity contribution in [3.05, 3.63) is 29.8 Å². The lowest BCUT2D eigenvalue weighted by atomic mass is 10.1. The van der Waals surface area contributed by atoms with Gasteiger partial charge in [-0.25, -0.2) is 0 Å². The summed E-state index contributed by atoms with van der Waals surface area (Å²) in [6.07, 6.45) is 1.28. The van der Waals surface area contributed by atoms with Crippen LogP contribution in [-0.4, -0.2) is 38.0 Å². The number of nitrogens with one attached hydrogen (secondary N) is 1. The van der Waals surface area contributed by atoms with Crippen molar-refractivity contribution in [3.63, 3.8) is 0 Å². The molecule has 17 heavy (non-hydrogen) atoms. The van der Waals surface area contributed by atoms with Gasteiger partial charge in [-0.15, -0.1) is 0 Å². The van der Waals surface area contributed by atoms with Crippen LogP contribution in [0.5, 0.6) is 0 Å². The van der Waals surface area contributed by atoms with Crippen LogP contribution in [0.3, 0.4) is 0 Å². The number of benzene rings is 1. The molecule has 0 saturated carbocycles. The number of likely N-dealkylation sites (N-methyl/N-ethyl adjacent to an activating group) is 2. The van der Waals surface area contributed by atoms with Crippen molar-refractivity contribution in [1.29, 1.82) is 0 Å². The second-order valence-electron chi connectivity index (χ2n) is 4.16. The number of hydrogen-bond acceptors (Lipinski definition) is 3. The number of rotatable bonds is 6. The molecule has 3 N–H and O–H groups in total. The summed E-state index contributed by atoms with van der Waals surface area (Å²) in [6.45, 7) is 1.56. The zero-order valence-corrected chi connectivity index (χ0v) is 10.6. The maximum Gasteiger partial charge on any atom is 0.222 e. The van der Waals surface area contributed by atoms with Crippen LogP contribution in [0.4, 0.5) is 5.69 Å². The second-order valence-corrected chi connectivity index (χ2v) is 4.16. The number of nitrogens with zero attached hydrogens (tertiary/aromatic N) is 1. The Morgan fingerprint density at radius 2 is 2.24 bits per heavy atom. The summed E-state index contributed by atoms with van der Waals surface area (Å²) in [6, 6.07) is 7.68. The zero-order chi connectivity index (χ0) is 12.7. The average molecular weight is 235 g/mol. The van der Waals surface area contributed by atoms with Gasteiger partial charge in [-0.05, 0) is 31.2 Å². The minimum absolute atomic E-state index is 0.169. The number of aryl methyl sites for hydroxylation is 1. The smallest absolute Gasteiger partial charge is 0.222 e. The summed E-state index contributed by atoms with van der Waals surface area (Å²) in [5.74, 6) is 0.169. The van der Waals surface area contributed by atoms with Crippen LogP contribution >= 0.6 is 0 Å². The third-order valence-corrected chi connectivity index (χ3v) is 2.70. The fraction of sp³-hybridized carbons (Fsp3) is 0.462. The molecule has 0 spiro atoms. The molecule has 1 aromatic rings. The predicted octanol–water partition coefficient (Wildman–Crippen LogP) is 0.879. The molecule has 94 valence electrons. The first kappa shape index (κ1) is 13.5. The van der Waals surface area contributed by atoms with Crippen molar-refractivity contribution in [2.75, 3.05) is 32.9 Å². The number of carbonyl (C=O) groups excluding carboxylic acids is 1. The van der Waals surface area contributed by atoms with E-state index in [0.717, 1.165) is 30.8 Å². The van der Waals surface area contributed by atoms with Crippen LogP contribution in [0, 0.1) is 0 Å². The number of hydrogen-bond donors (Lipinski definition) is 2. The Labute approximate surface area is 103 Å². The monoisotopic (exact) mass is 235 g/mol. The standard InChI is InChI=1S/C13H21N3O/c1-15-8-9-16(2)13(17)7-6-11-4-3-5-12(14)10-11/h3-5,10,15H,6-9,14H2,1-2H3. The van der Waals surface area contributed by atoms with Gasteiger partial charge in [0.05, 0.1) is 0 Å². The van der Waals surface area contributed by atoms with Crippen LogP contribution in [0.2, 0.25) is 0 Å². The Morgan fingerprint density at radius 3 is 2.88 bits per heavy atom. The molecule has 0 aliphatic rings. The Bertz CT molecular complexity index is 365. The van der Waals surface area contributed by atoms with E-state index in [4.69, 9.17) is 5.73 Å². The molecule has 0 radical (unpaired) electrons. The molecule has 0 saturated heterocycles. The Balaban J connectivity index is 2.37. The molecule has 4 nitrogen and oxygen atoms in total. The maximum atomic E-state index is 11.8. The van der Waals surface area contributed by atoms with E-state index in [2.05, 4.69) is 5.32 Å². The van der Waals surface area contributed by atoms with E-state index in [-0.39, 0.29) is 5.91 Å². The number of anilines is 1. The van der Waals surface area contributed by atoms with Crippen LogP contribution in [0.25, 0.3) is 0 Å². The number of nitrogen functional groups attached to an aromatic ring is 1. The number of carbonyl (C=O) groups is 1. The summed E-state index contributed by atoms with van der Waals surface area (Å²) in [7, 11) is 3.71. The van der Waals surface area contributed by atoms with E-state index in [9.17, 15) is 4.79 Å². The topological polar surface area (TPSA) is 58.4 Å². The molecule has 1 rings (SSSR count). The third-order valence-electron chi connectivity index (χ3n) is 2.70. The van der Waals surface area contributed by atoms with E-state index in [1.54, 1.807) is 4.90 Å². The van der Waals surface area contributed by atoms with Gasteiger partial charge < -0.3 is 16.0 Å². The lowest BCUT2D eigenvalue weighted by Crippen LogP contribution is -2.32. The van der Waals surface area contributed by atoms with Crippen LogP contribution in [0.15, 0.2) is 24.3 Å². The summed E-state index contributed by atoms with van der Waals surface area (Å²) in [5, 5.41) is 3.02. The van der Waals surface area contributed by atoms with Crippen molar-refractivity contribution in [3.8, 4) is 0 Å². The molecule has 0 aliphatic carbocycles. The fourth-order valence-corrected chi connectivity index (χ4v) is 1.59. The summed E-state index contributed by atoms with van der Waals surface area (Å²) in [4.78, 5) is 13.5. The van der Waals surface area contributed by atoms with E-state index in [0.29, 0.717) is 6.42 Å². The highest BCUT2D eigenvalue weighted by Crippen LogP contribution is 2.09. The fourth-order valence-electron chi connectivity index (χ4n) is 1.59. The molecule has 1 aromatic carbocycles. The highest BCUT2D eigenvalue weighted by Gasteiger charge is 2.07. The van der Waals surface area contributed by atoms with Gasteiger partial charge in [0.1, 0.15) is 0 Å². The molecule has 0 unspecified atom stereocenters. The zero-order valence-electron chi connectivity index (χ0n) is 10.6. The SMILES string of the molecule is CNCCN(C)C(=O)CCc1cccc(N)c1. The van der Waals surface area contributed by atoms with E-state index < -0.39 is 0 Å². The normalized spacial score (nSPS) is 10.2. The van der Waals surface area contributed by atoms with Gasteiger partial charge in [0.25, 0.3) is 0 Å². The van der Waals surface area contributed by atoms with Gasteiger partial charge in [0.15, 0.2) is 0 Å². The van der Waals surface area contributed by atoms with Gasteiger partial charge in [-0.2, -0.15) is 0 Å². The van der Waals surface area contributed by atoms with Gasteiger partial charge in [0, 0.05) is 32.2 Å². The van der Waals surface area contributed by atoms with Crippen molar-refractivity contribution < 1.29 is 4.79 Å². The van der Waals surface area contributed by atoms with E-state index in [1.807, 2.05) is 38.4 Å². The molecule has 0 aromatic heterocycles. The quantitative estimate of drug-likeness (QED) is 0.720. The molecule has 0 heterocycles. The van der Waals surface area contributed by atoms with Crippen molar-refractivity contribution in [2.24, 2.45) is 0 Å². The van der Waals surface area contributed by atoms with Crippen LogP contribution in [0.1, 0.15) is 12.0 Å². The van der Waals surface area contributed by atoms with Crippen molar-refractivity contribution >= 4 is 11.6 Å². The van der Waals surface area contributed by atoms with Gasteiger partial charge in [-0.1, -0.05) is 12.1 Å². The minimum atomic E-state index is 0.169. The Kier molecular flexibility index (Phi) is 5.49. The lowest BCUT2D eigenvalue weighted by Gasteiger charge is -2.16. The summed E-state index contributed by atoms with van der Waals surface area (Å²) >= 11 is 0. The summed E-state index contributed by atoms with van der Waals surface area (Å²) < 4.78 is 0. The molecule has 0 aliphatic heterocycles. The highest BCUT2D eigenvalue weighted by atomic mass is 16.2. The van der Waals surface area contributed by atoms with Gasteiger partial charge >= 0.3 is 0 Å². The van der Waals surface area contributed by atoms with Crippen molar-refractivity contribution in [1.82, 2.24) is 10.2 Å². The predicted molar refractivity (Wildman–Crippen MR) is 70.7 cm³/mol. The largest absolute Gasteiger partial charge is 0.399 e. The molecule has 0 bridgehead atoms. The first-order valence-corrected chi connectivity index (χ1v) is 5.86. The van der Waals surface area contributed by atoms with Gasteiger partial charge in [0.2, 0.25) is 5.91 Å². The second kappa shape index (κ2) is 6.91. The van der Waals surface area contributed by atoms with E-state index in [1.165, 1.54) is 0 Å². The molecule has 0 atom stereocenters. The molecule has 1 amide bonds. The average Bonchev–Trinajstić information content (AvgIpc) is 2.33. The van der Waals surface area contributed by atoms with Crippen molar-refractivity contribution in [2.45, 2.75) is 12.8 Å². The molecule has 0 fully saturated rings. The Hall–Kier alpha value is -1.55. The first-order chi connectivity index (χ1) is 8.13. The molecule has 4 heteroatoms. The third kappa shape index (κ3) is 4.87. The minimum Gasteiger partial charge on any atom is -0.399 e. The lowest BCUT2D eigenvalue weighted by molar-refractivity contribution is -0.129. The first-order valence-electron chi connectivity index (χ1n) is 5.86. The van der Waals surface area contributed by atoms with E-state index >= 15 is 0 Å². The number of amides is 1. The van der Waals surface area contributed by atoms with Crippen LogP contribution < -0.4 is 11.1 Å².